The van der Waals surface area contributed by atoms with Gasteiger partial charge in [0.1, 0.15) is 0 Å². The van der Waals surface area contributed by atoms with Gasteiger partial charge in [-0.05, 0) is 69.1 Å². The largest absolute Gasteiger partial charge is 0.353 e. The van der Waals surface area contributed by atoms with Crippen molar-refractivity contribution in [1.29, 1.82) is 0 Å². The van der Waals surface area contributed by atoms with Crippen molar-refractivity contribution < 1.29 is 0 Å². The van der Waals surface area contributed by atoms with Gasteiger partial charge in [-0.1, -0.05) is 12.1 Å². The van der Waals surface area contributed by atoms with Gasteiger partial charge in [-0.3, -0.25) is 4.79 Å². The van der Waals surface area contributed by atoms with E-state index in [1.54, 1.807) is 4.68 Å². The number of benzene rings is 1. The molecular formula is C22H27N5O. The Labute approximate surface area is 164 Å². The minimum atomic E-state index is 0.0763. The van der Waals surface area contributed by atoms with Crippen molar-refractivity contribution in [1.82, 2.24) is 19.3 Å². The maximum Gasteiger partial charge on any atom is 0.267 e. The van der Waals surface area contributed by atoms with Crippen molar-refractivity contribution in [2.24, 2.45) is 7.05 Å². The van der Waals surface area contributed by atoms with E-state index >= 15 is 0 Å². The van der Waals surface area contributed by atoms with E-state index < -0.39 is 0 Å². The molecule has 5 rings (SSSR count). The number of anilines is 1. The van der Waals surface area contributed by atoms with Crippen LogP contribution in [-0.2, 0) is 19.9 Å². The van der Waals surface area contributed by atoms with Gasteiger partial charge in [-0.2, -0.15) is 5.10 Å². The van der Waals surface area contributed by atoms with Gasteiger partial charge >= 0.3 is 0 Å². The molecule has 0 bridgehead atoms. The van der Waals surface area contributed by atoms with E-state index in [0.717, 1.165) is 61.2 Å². The summed E-state index contributed by atoms with van der Waals surface area (Å²) in [4.78, 5) is 17.3. The summed E-state index contributed by atoms with van der Waals surface area (Å²) in [6, 6.07) is 10.7. The Morgan fingerprint density at radius 2 is 1.86 bits per heavy atom. The molecule has 1 aromatic carbocycles. The summed E-state index contributed by atoms with van der Waals surface area (Å²) in [6.07, 6.45) is 8.40. The van der Waals surface area contributed by atoms with Gasteiger partial charge in [0, 0.05) is 19.2 Å². The van der Waals surface area contributed by atoms with Crippen molar-refractivity contribution in [2.45, 2.75) is 63.5 Å². The molecule has 1 saturated carbocycles. The van der Waals surface area contributed by atoms with E-state index in [2.05, 4.69) is 23.0 Å². The number of hydrogen-bond donors (Lipinski definition) is 1. The Kier molecular flexibility index (Phi) is 4.41. The minimum absolute atomic E-state index is 0.0763. The zero-order valence-corrected chi connectivity index (χ0v) is 16.4. The van der Waals surface area contributed by atoms with Crippen LogP contribution in [0.4, 0.5) is 5.95 Å². The van der Waals surface area contributed by atoms with Crippen molar-refractivity contribution in [3.8, 4) is 0 Å². The highest BCUT2D eigenvalue weighted by molar-refractivity contribution is 5.78. The first-order valence-corrected chi connectivity index (χ1v) is 10.5. The number of para-hydroxylation sites is 2. The van der Waals surface area contributed by atoms with Gasteiger partial charge < -0.3 is 9.88 Å². The van der Waals surface area contributed by atoms with Crippen LogP contribution in [0.25, 0.3) is 11.0 Å². The molecule has 2 aliphatic rings. The van der Waals surface area contributed by atoms with Crippen LogP contribution in [0.3, 0.4) is 0 Å². The van der Waals surface area contributed by atoms with Crippen LogP contribution in [0.1, 0.15) is 55.8 Å². The second-order valence-corrected chi connectivity index (χ2v) is 8.24. The lowest BCUT2D eigenvalue weighted by molar-refractivity contribution is 0.299. The Balaban J connectivity index is 1.29. The van der Waals surface area contributed by atoms with Crippen molar-refractivity contribution in [3.63, 3.8) is 0 Å². The third kappa shape index (κ3) is 3.11. The summed E-state index contributed by atoms with van der Waals surface area (Å²) in [7, 11) is 2.06. The minimum Gasteiger partial charge on any atom is -0.353 e. The van der Waals surface area contributed by atoms with Crippen LogP contribution in [0.5, 0.6) is 0 Å². The third-order valence-electron chi connectivity index (χ3n) is 6.40. The van der Waals surface area contributed by atoms with E-state index in [4.69, 9.17) is 10.1 Å². The topological polar surface area (TPSA) is 64.7 Å². The van der Waals surface area contributed by atoms with E-state index in [1.807, 2.05) is 24.3 Å². The molecule has 28 heavy (non-hydrogen) atoms. The van der Waals surface area contributed by atoms with Crippen LogP contribution in [-0.4, -0.2) is 25.4 Å². The average molecular weight is 377 g/mol. The van der Waals surface area contributed by atoms with Crippen molar-refractivity contribution in [2.75, 3.05) is 5.32 Å². The third-order valence-corrected chi connectivity index (χ3v) is 6.40. The smallest absolute Gasteiger partial charge is 0.267 e. The standard InChI is InChI=1S/C22H27N5O/c1-26-20-9-5-4-8-19(20)24-22(26)23-16-10-12-17(13-11-16)27-21(28)14-15-6-2-3-7-18(15)25-27/h4-5,8-9,14,16-17H,2-3,6-7,10-13H2,1H3,(H,23,24). The second-order valence-electron chi connectivity index (χ2n) is 8.24. The van der Waals surface area contributed by atoms with Crippen LogP contribution in [0.15, 0.2) is 35.1 Å². The highest BCUT2D eigenvalue weighted by Crippen LogP contribution is 2.30. The molecule has 6 nitrogen and oxygen atoms in total. The number of imidazole rings is 1. The number of fused-ring (bicyclic) bond motifs is 2. The lowest BCUT2D eigenvalue weighted by Gasteiger charge is -2.30. The fraction of sp³-hybridized carbons (Fsp3) is 0.500. The summed E-state index contributed by atoms with van der Waals surface area (Å²) < 4.78 is 3.90. The molecule has 0 spiro atoms. The number of nitrogens with one attached hydrogen (secondary N) is 1. The predicted octanol–water partition coefficient (Wildman–Crippen LogP) is 3.60. The predicted molar refractivity (Wildman–Crippen MR) is 111 cm³/mol. The molecule has 3 aromatic rings. The molecule has 0 saturated heterocycles. The molecule has 0 amide bonds. The highest BCUT2D eigenvalue weighted by Gasteiger charge is 2.26. The average Bonchev–Trinajstić information content (AvgIpc) is 3.04. The number of aromatic nitrogens is 4. The fourth-order valence-corrected chi connectivity index (χ4v) is 4.76. The zero-order valence-electron chi connectivity index (χ0n) is 16.4. The Morgan fingerprint density at radius 3 is 2.68 bits per heavy atom. The van der Waals surface area contributed by atoms with Crippen LogP contribution >= 0.6 is 0 Å². The first-order valence-electron chi connectivity index (χ1n) is 10.5. The number of hydrogen-bond acceptors (Lipinski definition) is 4. The van der Waals surface area contributed by atoms with Crippen molar-refractivity contribution in [3.05, 3.63) is 51.9 Å². The quantitative estimate of drug-likeness (QED) is 0.757. The van der Waals surface area contributed by atoms with E-state index in [9.17, 15) is 4.79 Å². The molecule has 0 aliphatic heterocycles. The lowest BCUT2D eigenvalue weighted by atomic mass is 9.91. The first-order chi connectivity index (χ1) is 13.7. The summed E-state index contributed by atoms with van der Waals surface area (Å²) in [5.74, 6) is 0.925. The van der Waals surface area contributed by atoms with E-state index in [0.29, 0.717) is 6.04 Å². The molecule has 6 heteroatoms. The second kappa shape index (κ2) is 7.08. The SMILES string of the molecule is Cn1c(NC2CCC(n3nc4c(cc3=O)CCCC4)CC2)nc2ccccc21. The molecule has 146 valence electrons. The van der Waals surface area contributed by atoms with E-state index in [-0.39, 0.29) is 11.6 Å². The summed E-state index contributed by atoms with van der Waals surface area (Å²) in [5, 5.41) is 8.37. The van der Waals surface area contributed by atoms with Gasteiger partial charge in [0.25, 0.3) is 5.56 Å². The van der Waals surface area contributed by atoms with Crippen LogP contribution in [0.2, 0.25) is 0 Å². The van der Waals surface area contributed by atoms with Gasteiger partial charge in [-0.15, -0.1) is 0 Å². The molecule has 0 atom stereocenters. The molecule has 0 radical (unpaired) electrons. The summed E-state index contributed by atoms with van der Waals surface area (Å²) in [5.41, 5.74) is 4.55. The van der Waals surface area contributed by atoms with Crippen LogP contribution < -0.4 is 10.9 Å². The zero-order chi connectivity index (χ0) is 19.1. The van der Waals surface area contributed by atoms with E-state index in [1.165, 1.54) is 18.4 Å². The molecule has 0 unspecified atom stereocenters. The first kappa shape index (κ1) is 17.5. The van der Waals surface area contributed by atoms with Gasteiger partial charge in [0.2, 0.25) is 5.95 Å². The molecule has 2 aromatic heterocycles. The van der Waals surface area contributed by atoms with Crippen LogP contribution in [0, 0.1) is 0 Å². The monoisotopic (exact) mass is 377 g/mol. The van der Waals surface area contributed by atoms with Gasteiger partial charge in [0.05, 0.1) is 22.8 Å². The number of rotatable bonds is 3. The Morgan fingerprint density at radius 1 is 1.07 bits per heavy atom. The van der Waals surface area contributed by atoms with Crippen molar-refractivity contribution >= 4 is 17.0 Å². The van der Waals surface area contributed by atoms with Gasteiger partial charge in [0.15, 0.2) is 0 Å². The molecular weight excluding hydrogens is 350 g/mol. The maximum absolute atomic E-state index is 12.6. The Bertz CT molecular complexity index is 1060. The molecule has 1 N–H and O–H groups in total. The molecule has 1 fully saturated rings. The molecule has 2 heterocycles. The molecule has 2 aliphatic carbocycles. The normalized spacial score (nSPS) is 22.2. The fourth-order valence-electron chi connectivity index (χ4n) is 4.76. The number of nitrogens with zero attached hydrogens (tertiary/aromatic N) is 4. The Hall–Kier alpha value is -2.63. The van der Waals surface area contributed by atoms with Gasteiger partial charge in [-0.25, -0.2) is 9.67 Å². The maximum atomic E-state index is 12.6. The highest BCUT2D eigenvalue weighted by atomic mass is 16.1. The number of aryl methyl sites for hydroxylation is 3. The summed E-state index contributed by atoms with van der Waals surface area (Å²) >= 11 is 0. The lowest BCUT2D eigenvalue weighted by Crippen LogP contribution is -2.34. The summed E-state index contributed by atoms with van der Waals surface area (Å²) in [6.45, 7) is 0.